The van der Waals surface area contributed by atoms with Crippen LogP contribution in [-0.2, 0) is 4.79 Å². The number of carboxylic acids is 1. The van der Waals surface area contributed by atoms with Crippen molar-refractivity contribution in [3.05, 3.63) is 68.7 Å². The smallest absolute Gasteiger partial charge is 0.337 e. The monoisotopic (exact) mass is 429 g/mol. The van der Waals surface area contributed by atoms with E-state index in [2.05, 4.69) is 15.3 Å². The number of hydrogen-bond donors (Lipinski definition) is 1. The molecule has 0 aliphatic carbocycles. The highest BCUT2D eigenvalue weighted by atomic mass is 35.5. The molecule has 0 aromatic heterocycles. The van der Waals surface area contributed by atoms with Crippen LogP contribution in [0.25, 0.3) is 0 Å². The molecule has 12 heteroatoms. The minimum atomic E-state index is -1.25. The quantitative estimate of drug-likeness (QED) is 0.332. The van der Waals surface area contributed by atoms with Gasteiger partial charge in [-0.05, 0) is 25.1 Å². The van der Waals surface area contributed by atoms with E-state index >= 15 is 0 Å². The van der Waals surface area contributed by atoms with Crippen LogP contribution in [0.15, 0.2) is 57.8 Å². The van der Waals surface area contributed by atoms with Crippen LogP contribution < -0.4 is 0 Å². The molecule has 0 bridgehead atoms. The van der Waals surface area contributed by atoms with Gasteiger partial charge in [-0.3, -0.25) is 19.7 Å². The lowest BCUT2D eigenvalue weighted by Crippen LogP contribution is -2.34. The molecule has 0 spiro atoms. The van der Waals surface area contributed by atoms with Crippen molar-refractivity contribution in [2.45, 2.75) is 13.0 Å². The van der Waals surface area contributed by atoms with Gasteiger partial charge in [-0.15, -0.1) is 0 Å². The average Bonchev–Trinajstić information content (AvgIpc) is 2.99. The molecule has 0 saturated heterocycles. The van der Waals surface area contributed by atoms with Crippen LogP contribution in [0.5, 0.6) is 0 Å². The fourth-order valence-corrected chi connectivity index (χ4v) is 2.85. The first-order valence-electron chi connectivity index (χ1n) is 8.30. The summed E-state index contributed by atoms with van der Waals surface area (Å²) >= 11 is 5.82. The number of carbonyl (C=O) groups excluding carboxylic acids is 2. The zero-order chi connectivity index (χ0) is 22.0. The van der Waals surface area contributed by atoms with Crippen molar-refractivity contribution in [3.8, 4) is 0 Å². The van der Waals surface area contributed by atoms with E-state index in [4.69, 9.17) is 11.6 Å². The fraction of sp³-hybridized carbons (Fsp3) is 0.111. The molecular weight excluding hydrogens is 418 g/mol. The Labute approximate surface area is 173 Å². The van der Waals surface area contributed by atoms with Crippen molar-refractivity contribution in [2.24, 2.45) is 15.3 Å². The van der Waals surface area contributed by atoms with Gasteiger partial charge in [-0.25, -0.2) is 4.79 Å². The van der Waals surface area contributed by atoms with Crippen molar-refractivity contribution in [1.29, 1.82) is 0 Å². The van der Waals surface area contributed by atoms with Gasteiger partial charge in [0, 0.05) is 17.2 Å². The van der Waals surface area contributed by atoms with Crippen LogP contribution in [0, 0.1) is 10.1 Å². The van der Waals surface area contributed by atoms with Crippen molar-refractivity contribution >= 4 is 46.5 Å². The number of imide groups is 1. The number of aromatic carboxylic acids is 1. The molecule has 0 fully saturated rings. The van der Waals surface area contributed by atoms with E-state index in [9.17, 15) is 29.6 Å². The molecule has 1 N–H and O–H groups in total. The maximum Gasteiger partial charge on any atom is 0.337 e. The molecule has 152 valence electrons. The first-order chi connectivity index (χ1) is 14.2. The molecule has 0 saturated carbocycles. The molecule has 11 nitrogen and oxygen atoms in total. The third-order valence-corrected chi connectivity index (χ3v) is 4.26. The summed E-state index contributed by atoms with van der Waals surface area (Å²) in [5.41, 5.74) is -0.560. The number of non-ortho nitro benzene ring substituents is 1. The fourth-order valence-electron chi connectivity index (χ4n) is 2.62. The lowest BCUT2D eigenvalue weighted by Gasteiger charge is -2.11. The molecule has 2 aromatic carbocycles. The number of halogens is 1. The largest absolute Gasteiger partial charge is 0.478 e. The number of carbonyl (C=O) groups is 3. The van der Waals surface area contributed by atoms with E-state index < -0.39 is 34.4 Å². The number of hydrogen-bond acceptors (Lipinski definition) is 8. The lowest BCUT2D eigenvalue weighted by molar-refractivity contribution is -0.384. The summed E-state index contributed by atoms with van der Waals surface area (Å²) in [6, 6.07) is 7.78. The van der Waals surface area contributed by atoms with Crippen LogP contribution in [0.4, 0.5) is 11.4 Å². The molecule has 2 aromatic rings. The molecule has 1 heterocycles. The minimum absolute atomic E-state index is 0.0286. The van der Waals surface area contributed by atoms with Gasteiger partial charge in [0.1, 0.15) is 0 Å². The van der Waals surface area contributed by atoms with Crippen LogP contribution in [0.2, 0.25) is 5.02 Å². The van der Waals surface area contributed by atoms with E-state index in [0.717, 1.165) is 12.1 Å². The van der Waals surface area contributed by atoms with Crippen molar-refractivity contribution in [3.63, 3.8) is 0 Å². The topological polar surface area (TPSA) is 155 Å². The Hall–Kier alpha value is -3.99. The van der Waals surface area contributed by atoms with Crippen LogP contribution in [0.1, 0.15) is 27.6 Å². The summed E-state index contributed by atoms with van der Waals surface area (Å²) in [5.74, 6) is -2.97. The zero-order valence-electron chi connectivity index (χ0n) is 15.2. The second-order valence-electron chi connectivity index (χ2n) is 6.09. The third-order valence-electron chi connectivity index (χ3n) is 4.04. The average molecular weight is 430 g/mol. The highest BCUT2D eigenvalue weighted by Crippen LogP contribution is 2.25. The zero-order valence-corrected chi connectivity index (χ0v) is 16.0. The van der Waals surface area contributed by atoms with Crippen molar-refractivity contribution < 1.29 is 24.4 Å². The Morgan fingerprint density at radius 1 is 1.27 bits per heavy atom. The van der Waals surface area contributed by atoms with Crippen LogP contribution in [-0.4, -0.2) is 44.6 Å². The number of rotatable bonds is 5. The van der Waals surface area contributed by atoms with E-state index in [-0.39, 0.29) is 27.5 Å². The van der Waals surface area contributed by atoms with E-state index in [1.54, 1.807) is 6.07 Å². The second kappa shape index (κ2) is 8.17. The van der Waals surface area contributed by atoms with E-state index in [1.165, 1.54) is 31.2 Å². The number of benzene rings is 2. The van der Waals surface area contributed by atoms with Crippen LogP contribution >= 0.6 is 11.6 Å². The van der Waals surface area contributed by atoms with Gasteiger partial charge in [-0.1, -0.05) is 23.7 Å². The predicted octanol–water partition coefficient (Wildman–Crippen LogP) is 3.46. The summed E-state index contributed by atoms with van der Waals surface area (Å²) in [7, 11) is 0. The first kappa shape index (κ1) is 20.7. The van der Waals surface area contributed by atoms with Crippen molar-refractivity contribution in [2.75, 3.05) is 0 Å². The standard InChI is InChI=1S/C18H12ClN5O6/c1-9-15(21-20-14-5-3-2-4-13(14)18(27)28)17(26)23(22-9)16(25)10-6-11(19)8-12(7-10)24(29)30/h2-8,15H,1H3,(H,27,28)/t15-/m1/s1. The minimum Gasteiger partial charge on any atom is -0.478 e. The number of carboxylic acid groups (broad SMARTS) is 1. The molecule has 30 heavy (non-hydrogen) atoms. The Morgan fingerprint density at radius 3 is 2.63 bits per heavy atom. The lowest BCUT2D eigenvalue weighted by atomic mass is 10.1. The number of hydrazone groups is 1. The molecule has 0 radical (unpaired) electrons. The van der Waals surface area contributed by atoms with Gasteiger partial charge >= 0.3 is 5.97 Å². The Bertz CT molecular complexity index is 1150. The molecule has 2 amide bonds. The van der Waals surface area contributed by atoms with Gasteiger partial charge < -0.3 is 5.11 Å². The van der Waals surface area contributed by atoms with Gasteiger partial charge in [0.2, 0.25) is 0 Å². The highest BCUT2D eigenvalue weighted by Gasteiger charge is 2.38. The summed E-state index contributed by atoms with van der Waals surface area (Å²) in [6.45, 7) is 1.44. The Morgan fingerprint density at radius 2 is 1.97 bits per heavy atom. The summed E-state index contributed by atoms with van der Waals surface area (Å²) < 4.78 is 0. The molecule has 0 unspecified atom stereocenters. The number of nitro groups is 1. The SMILES string of the molecule is CC1=NN(C(=O)c2cc(Cl)cc([N+](=O)[O-])c2)C(=O)[C@@H]1N=Nc1ccccc1C(=O)O. The van der Waals surface area contributed by atoms with Crippen LogP contribution in [0.3, 0.4) is 0 Å². The summed E-state index contributed by atoms with van der Waals surface area (Å²) in [6.07, 6.45) is 0. The van der Waals surface area contributed by atoms with Gasteiger partial charge in [-0.2, -0.15) is 20.3 Å². The number of azo groups is 1. The molecular formula is C18H12ClN5O6. The van der Waals surface area contributed by atoms with E-state index in [1.807, 2.05) is 0 Å². The second-order valence-corrected chi connectivity index (χ2v) is 6.53. The maximum absolute atomic E-state index is 12.7. The van der Waals surface area contributed by atoms with Gasteiger partial charge in [0.15, 0.2) is 6.04 Å². The highest BCUT2D eigenvalue weighted by molar-refractivity contribution is 6.31. The number of nitro benzene ring substituents is 1. The van der Waals surface area contributed by atoms with Gasteiger partial charge in [0.25, 0.3) is 17.5 Å². The van der Waals surface area contributed by atoms with E-state index in [0.29, 0.717) is 5.01 Å². The Kier molecular flexibility index (Phi) is 5.65. The summed E-state index contributed by atoms with van der Waals surface area (Å²) in [4.78, 5) is 46.8. The predicted molar refractivity (Wildman–Crippen MR) is 104 cm³/mol. The van der Waals surface area contributed by atoms with Gasteiger partial charge in [0.05, 0.1) is 27.4 Å². The number of amides is 2. The molecule has 1 aliphatic rings. The molecule has 1 atom stereocenters. The normalized spacial score (nSPS) is 16.1. The first-order valence-corrected chi connectivity index (χ1v) is 8.68. The number of nitrogens with zero attached hydrogens (tertiary/aromatic N) is 5. The summed E-state index contributed by atoms with van der Waals surface area (Å²) in [5, 5.41) is 32.2. The third kappa shape index (κ3) is 4.05. The molecule has 3 rings (SSSR count). The molecule has 1 aliphatic heterocycles. The van der Waals surface area contributed by atoms with Crippen molar-refractivity contribution in [1.82, 2.24) is 5.01 Å². The maximum atomic E-state index is 12.7. The Balaban J connectivity index is 1.87.